The Kier molecular flexibility index (Phi) is 3.06. The summed E-state index contributed by atoms with van der Waals surface area (Å²) in [7, 11) is 1.61. The number of hydrogen-bond acceptors (Lipinski definition) is 3. The van der Waals surface area contributed by atoms with Gasteiger partial charge in [0.1, 0.15) is 5.75 Å². The highest BCUT2D eigenvalue weighted by atomic mass is 32.1. The lowest BCUT2D eigenvalue weighted by molar-refractivity contribution is 0.103. The summed E-state index contributed by atoms with van der Waals surface area (Å²) < 4.78 is 5.20. The molecule has 0 atom stereocenters. The summed E-state index contributed by atoms with van der Waals surface area (Å²) in [5.74, 6) is 0.792. The molecule has 3 heteroatoms. The highest BCUT2D eigenvalue weighted by Gasteiger charge is 2.11. The van der Waals surface area contributed by atoms with Crippen molar-refractivity contribution in [2.45, 2.75) is 6.92 Å². The van der Waals surface area contributed by atoms with Gasteiger partial charge < -0.3 is 4.74 Å². The second-order valence-electron chi connectivity index (χ2n) is 3.53. The number of ether oxygens (including phenoxy) is 1. The second-order valence-corrected chi connectivity index (χ2v) is 4.31. The number of methoxy groups -OCH3 is 1. The molecule has 82 valence electrons. The van der Waals surface area contributed by atoms with Gasteiger partial charge >= 0.3 is 0 Å². The molecule has 0 spiro atoms. The van der Waals surface area contributed by atoms with E-state index in [1.54, 1.807) is 13.2 Å². The Morgan fingerprint density at radius 3 is 2.69 bits per heavy atom. The van der Waals surface area contributed by atoms with E-state index < -0.39 is 0 Å². The molecule has 0 unspecified atom stereocenters. The van der Waals surface area contributed by atoms with Crippen molar-refractivity contribution in [3.8, 4) is 5.75 Å². The minimum absolute atomic E-state index is 0.0413. The van der Waals surface area contributed by atoms with Gasteiger partial charge in [0.25, 0.3) is 0 Å². The Bertz CT molecular complexity index is 501. The minimum atomic E-state index is 0.0413. The van der Waals surface area contributed by atoms with E-state index in [9.17, 15) is 4.79 Å². The standard InChI is InChI=1S/C13H12O2S/c1-9-3-4-10(7-12(9)15-2)13(14)11-5-6-16-8-11/h3-8H,1-2H3. The van der Waals surface area contributed by atoms with Crippen molar-refractivity contribution in [2.75, 3.05) is 7.11 Å². The van der Waals surface area contributed by atoms with Crippen LogP contribution >= 0.6 is 11.3 Å². The van der Waals surface area contributed by atoms with Crippen LogP contribution < -0.4 is 4.74 Å². The van der Waals surface area contributed by atoms with Gasteiger partial charge in [0, 0.05) is 16.5 Å². The van der Waals surface area contributed by atoms with Gasteiger partial charge in [-0.25, -0.2) is 0 Å². The van der Waals surface area contributed by atoms with Crippen molar-refractivity contribution in [1.29, 1.82) is 0 Å². The third kappa shape index (κ3) is 1.99. The van der Waals surface area contributed by atoms with Gasteiger partial charge in [-0.05, 0) is 30.0 Å². The quantitative estimate of drug-likeness (QED) is 0.759. The lowest BCUT2D eigenvalue weighted by atomic mass is 10.0. The fraction of sp³-hybridized carbons (Fsp3) is 0.154. The van der Waals surface area contributed by atoms with Gasteiger partial charge in [0.15, 0.2) is 5.78 Å². The average molecular weight is 232 g/mol. The smallest absolute Gasteiger partial charge is 0.193 e. The largest absolute Gasteiger partial charge is 0.496 e. The van der Waals surface area contributed by atoms with E-state index in [2.05, 4.69) is 0 Å². The number of benzene rings is 1. The van der Waals surface area contributed by atoms with Crippen LogP contribution in [0.2, 0.25) is 0 Å². The topological polar surface area (TPSA) is 26.3 Å². The summed E-state index contributed by atoms with van der Waals surface area (Å²) >= 11 is 1.52. The summed E-state index contributed by atoms with van der Waals surface area (Å²) in [6.07, 6.45) is 0. The van der Waals surface area contributed by atoms with Crippen LogP contribution in [0.15, 0.2) is 35.0 Å². The molecule has 2 aromatic rings. The molecular weight excluding hydrogens is 220 g/mol. The number of rotatable bonds is 3. The maximum atomic E-state index is 12.0. The number of ketones is 1. The molecule has 0 radical (unpaired) electrons. The van der Waals surface area contributed by atoms with Gasteiger partial charge in [0.05, 0.1) is 7.11 Å². The first-order valence-electron chi connectivity index (χ1n) is 4.94. The van der Waals surface area contributed by atoms with Crippen LogP contribution in [-0.2, 0) is 0 Å². The Hall–Kier alpha value is -1.61. The van der Waals surface area contributed by atoms with Gasteiger partial charge in [-0.15, -0.1) is 0 Å². The van der Waals surface area contributed by atoms with Gasteiger partial charge in [0.2, 0.25) is 0 Å². The van der Waals surface area contributed by atoms with Crippen LogP contribution in [0.25, 0.3) is 0 Å². The van der Waals surface area contributed by atoms with E-state index in [-0.39, 0.29) is 5.78 Å². The molecule has 1 aromatic carbocycles. The lowest BCUT2D eigenvalue weighted by Gasteiger charge is -2.06. The normalized spacial score (nSPS) is 10.1. The first kappa shape index (κ1) is 10.9. The van der Waals surface area contributed by atoms with E-state index >= 15 is 0 Å². The highest BCUT2D eigenvalue weighted by molar-refractivity contribution is 7.08. The van der Waals surface area contributed by atoms with Crippen molar-refractivity contribution >= 4 is 17.1 Å². The van der Waals surface area contributed by atoms with Gasteiger partial charge in [-0.2, -0.15) is 11.3 Å². The molecule has 0 amide bonds. The predicted octanol–water partition coefficient (Wildman–Crippen LogP) is 3.30. The molecule has 16 heavy (non-hydrogen) atoms. The molecule has 0 N–H and O–H groups in total. The molecule has 1 aromatic heterocycles. The summed E-state index contributed by atoms with van der Waals surface area (Å²) in [5, 5.41) is 3.76. The zero-order chi connectivity index (χ0) is 11.5. The maximum Gasteiger partial charge on any atom is 0.193 e. The summed E-state index contributed by atoms with van der Waals surface area (Å²) in [5.41, 5.74) is 2.43. The van der Waals surface area contributed by atoms with Crippen molar-refractivity contribution in [2.24, 2.45) is 0 Å². The van der Waals surface area contributed by atoms with Crippen LogP contribution in [-0.4, -0.2) is 12.9 Å². The Balaban J connectivity index is 2.38. The number of hydrogen-bond donors (Lipinski definition) is 0. The average Bonchev–Trinajstić information content (AvgIpc) is 2.82. The summed E-state index contributed by atoms with van der Waals surface area (Å²) in [6.45, 7) is 1.96. The number of thiophene rings is 1. The van der Waals surface area contributed by atoms with E-state index in [0.29, 0.717) is 5.56 Å². The summed E-state index contributed by atoms with van der Waals surface area (Å²) in [4.78, 5) is 12.0. The molecule has 0 aliphatic rings. The highest BCUT2D eigenvalue weighted by Crippen LogP contribution is 2.21. The summed E-state index contributed by atoms with van der Waals surface area (Å²) in [6, 6.07) is 7.35. The van der Waals surface area contributed by atoms with Crippen molar-refractivity contribution in [3.05, 3.63) is 51.7 Å². The maximum absolute atomic E-state index is 12.0. The van der Waals surface area contributed by atoms with Crippen LogP contribution in [0.4, 0.5) is 0 Å². The molecular formula is C13H12O2S. The van der Waals surface area contributed by atoms with Crippen LogP contribution in [0.1, 0.15) is 21.5 Å². The van der Waals surface area contributed by atoms with Crippen molar-refractivity contribution in [3.63, 3.8) is 0 Å². The molecule has 0 saturated heterocycles. The fourth-order valence-corrected chi connectivity index (χ4v) is 2.16. The number of carbonyl (C=O) groups excluding carboxylic acids is 1. The van der Waals surface area contributed by atoms with E-state index in [0.717, 1.165) is 16.9 Å². The Morgan fingerprint density at radius 1 is 1.25 bits per heavy atom. The van der Waals surface area contributed by atoms with Crippen molar-refractivity contribution in [1.82, 2.24) is 0 Å². The monoisotopic (exact) mass is 232 g/mol. The third-order valence-electron chi connectivity index (χ3n) is 2.45. The Labute approximate surface area is 98.5 Å². The molecule has 0 aliphatic heterocycles. The molecule has 0 saturated carbocycles. The second kappa shape index (κ2) is 4.49. The molecule has 0 fully saturated rings. The number of aryl methyl sites for hydroxylation is 1. The Morgan fingerprint density at radius 2 is 2.06 bits per heavy atom. The molecule has 0 bridgehead atoms. The predicted molar refractivity (Wildman–Crippen MR) is 65.5 cm³/mol. The lowest BCUT2D eigenvalue weighted by Crippen LogP contribution is -2.00. The first-order chi connectivity index (χ1) is 7.72. The van der Waals surface area contributed by atoms with E-state index in [4.69, 9.17) is 4.74 Å². The van der Waals surface area contributed by atoms with Crippen LogP contribution in [0.3, 0.4) is 0 Å². The molecule has 0 aliphatic carbocycles. The van der Waals surface area contributed by atoms with Crippen LogP contribution in [0, 0.1) is 6.92 Å². The minimum Gasteiger partial charge on any atom is -0.496 e. The molecule has 2 rings (SSSR count). The first-order valence-corrected chi connectivity index (χ1v) is 5.88. The van der Waals surface area contributed by atoms with Gasteiger partial charge in [-0.1, -0.05) is 12.1 Å². The third-order valence-corrected chi connectivity index (χ3v) is 3.14. The zero-order valence-corrected chi connectivity index (χ0v) is 10.0. The van der Waals surface area contributed by atoms with E-state index in [1.807, 2.05) is 35.9 Å². The van der Waals surface area contributed by atoms with Crippen molar-refractivity contribution < 1.29 is 9.53 Å². The molecule has 2 nitrogen and oxygen atoms in total. The van der Waals surface area contributed by atoms with Gasteiger partial charge in [-0.3, -0.25) is 4.79 Å². The fourth-order valence-electron chi connectivity index (χ4n) is 1.52. The SMILES string of the molecule is COc1cc(C(=O)c2ccsc2)ccc1C. The zero-order valence-electron chi connectivity index (χ0n) is 9.19. The van der Waals surface area contributed by atoms with E-state index in [1.165, 1.54) is 11.3 Å². The number of carbonyl (C=O) groups is 1. The van der Waals surface area contributed by atoms with Crippen LogP contribution in [0.5, 0.6) is 5.75 Å². The molecule has 1 heterocycles.